The van der Waals surface area contributed by atoms with Crippen LogP contribution in [-0.4, -0.2) is 44.5 Å². The van der Waals surface area contributed by atoms with Gasteiger partial charge < -0.3 is 4.90 Å². The molecule has 6 nitrogen and oxygen atoms in total. The van der Waals surface area contributed by atoms with Crippen LogP contribution in [0.4, 0.5) is 0 Å². The Balaban J connectivity index is 1.54. The van der Waals surface area contributed by atoms with Crippen LogP contribution in [0.15, 0.2) is 24.7 Å². The molecule has 2 aromatic rings. The van der Waals surface area contributed by atoms with Crippen LogP contribution in [-0.2, 0) is 6.54 Å². The molecule has 0 amide bonds. The molecular weight excluding hydrogens is 252 g/mol. The fraction of sp³-hybridized carbons (Fsp3) is 0.500. The molecule has 0 bridgehead atoms. The summed E-state index contributed by atoms with van der Waals surface area (Å²) in [5.41, 5.74) is 1.86. The predicted octanol–water partition coefficient (Wildman–Crippen LogP) is 1.36. The van der Waals surface area contributed by atoms with E-state index in [-0.39, 0.29) is 0 Å². The molecule has 3 heterocycles. The smallest absolute Gasteiger partial charge is 0.102 e. The van der Waals surface area contributed by atoms with E-state index in [9.17, 15) is 0 Å². The third kappa shape index (κ3) is 2.89. The lowest BCUT2D eigenvalue weighted by molar-refractivity contribution is 0.197. The van der Waals surface area contributed by atoms with Crippen molar-refractivity contribution >= 4 is 0 Å². The molecule has 2 aromatic heterocycles. The van der Waals surface area contributed by atoms with Crippen molar-refractivity contribution in [3.05, 3.63) is 35.9 Å². The van der Waals surface area contributed by atoms with Gasteiger partial charge in [0.05, 0.1) is 18.3 Å². The highest BCUT2D eigenvalue weighted by Gasteiger charge is 2.21. The Labute approximate surface area is 118 Å². The Morgan fingerprint density at radius 1 is 1.45 bits per heavy atom. The van der Waals surface area contributed by atoms with Crippen LogP contribution >= 0.6 is 0 Å². The summed E-state index contributed by atoms with van der Waals surface area (Å²) in [7, 11) is 0. The quantitative estimate of drug-likeness (QED) is 0.910. The van der Waals surface area contributed by atoms with Gasteiger partial charge in [-0.15, -0.1) is 0 Å². The Hall–Kier alpha value is -2.13. The van der Waals surface area contributed by atoms with Gasteiger partial charge in [-0.1, -0.05) is 0 Å². The van der Waals surface area contributed by atoms with E-state index < -0.39 is 0 Å². The number of nitrogens with zero attached hydrogens (tertiary/aromatic N) is 5. The summed E-state index contributed by atoms with van der Waals surface area (Å²) in [6.45, 7) is 4.00. The lowest BCUT2D eigenvalue weighted by atomic mass is 9.95. The maximum Gasteiger partial charge on any atom is 0.102 e. The van der Waals surface area contributed by atoms with Crippen molar-refractivity contribution in [3.63, 3.8) is 0 Å². The number of aromatic amines is 1. The minimum absolute atomic E-state index is 0.554. The van der Waals surface area contributed by atoms with Crippen LogP contribution in [0.25, 0.3) is 0 Å². The van der Waals surface area contributed by atoms with E-state index in [4.69, 9.17) is 5.26 Å². The van der Waals surface area contributed by atoms with Crippen LogP contribution < -0.4 is 0 Å². The number of rotatable bonds is 4. The number of piperidine rings is 1. The zero-order valence-electron chi connectivity index (χ0n) is 11.4. The summed E-state index contributed by atoms with van der Waals surface area (Å²) in [5, 5.41) is 20.1. The molecule has 6 heteroatoms. The highest BCUT2D eigenvalue weighted by Crippen LogP contribution is 2.24. The molecule has 0 saturated carbocycles. The second-order valence-corrected chi connectivity index (χ2v) is 5.26. The Morgan fingerprint density at radius 3 is 3.15 bits per heavy atom. The third-order valence-corrected chi connectivity index (χ3v) is 3.88. The van der Waals surface area contributed by atoms with E-state index in [2.05, 4.69) is 32.3 Å². The molecular formula is C14H18N6. The molecule has 1 atom stereocenters. The van der Waals surface area contributed by atoms with Gasteiger partial charge in [0.25, 0.3) is 0 Å². The van der Waals surface area contributed by atoms with Crippen LogP contribution in [0.5, 0.6) is 0 Å². The molecule has 0 spiro atoms. The Kier molecular flexibility index (Phi) is 3.79. The molecule has 1 N–H and O–H groups in total. The topological polar surface area (TPSA) is 73.5 Å². The molecule has 1 aliphatic heterocycles. The number of H-pyrrole nitrogens is 1. The summed E-state index contributed by atoms with van der Waals surface area (Å²) in [5.74, 6) is 0.554. The van der Waals surface area contributed by atoms with E-state index in [1.54, 1.807) is 12.4 Å². The third-order valence-electron chi connectivity index (χ3n) is 3.88. The van der Waals surface area contributed by atoms with Crippen molar-refractivity contribution in [3.8, 4) is 6.07 Å². The number of hydrogen-bond donors (Lipinski definition) is 1. The zero-order chi connectivity index (χ0) is 13.8. The van der Waals surface area contributed by atoms with Crippen LogP contribution in [0.1, 0.15) is 30.0 Å². The summed E-state index contributed by atoms with van der Waals surface area (Å²) in [6.07, 6.45) is 7.67. The Bertz CT molecular complexity index is 579. The summed E-state index contributed by atoms with van der Waals surface area (Å²) in [4.78, 5) is 2.46. The van der Waals surface area contributed by atoms with Gasteiger partial charge in [0.1, 0.15) is 6.07 Å². The van der Waals surface area contributed by atoms with Crippen molar-refractivity contribution in [2.24, 2.45) is 0 Å². The standard InChI is InChI=1S/C14H18N6/c15-8-12-9-17-20(10-12)7-6-19-5-1-2-13(11-19)14-3-4-16-18-14/h3-4,9-10,13H,1-2,5-7,11H2,(H,16,18)/t13-/m1/s1. The zero-order valence-corrected chi connectivity index (χ0v) is 11.4. The maximum absolute atomic E-state index is 8.79. The first-order valence-electron chi connectivity index (χ1n) is 6.99. The molecule has 0 radical (unpaired) electrons. The molecule has 3 rings (SSSR count). The molecule has 0 aliphatic carbocycles. The summed E-state index contributed by atoms with van der Waals surface area (Å²) >= 11 is 0. The first kappa shape index (κ1) is 12.9. The predicted molar refractivity (Wildman–Crippen MR) is 73.9 cm³/mol. The fourth-order valence-corrected chi connectivity index (χ4v) is 2.79. The number of likely N-dealkylation sites (tertiary alicyclic amines) is 1. The largest absolute Gasteiger partial charge is 0.301 e. The van der Waals surface area contributed by atoms with Gasteiger partial charge >= 0.3 is 0 Å². The van der Waals surface area contributed by atoms with Crippen molar-refractivity contribution in [1.29, 1.82) is 5.26 Å². The molecule has 1 saturated heterocycles. The number of aromatic nitrogens is 4. The van der Waals surface area contributed by atoms with E-state index in [0.717, 1.165) is 26.2 Å². The van der Waals surface area contributed by atoms with Crippen LogP contribution in [0.3, 0.4) is 0 Å². The SMILES string of the molecule is N#Cc1cnn(CCN2CCC[C@@H](c3ccn[nH]3)C2)c1. The number of hydrogen-bond acceptors (Lipinski definition) is 4. The maximum atomic E-state index is 8.79. The second-order valence-electron chi connectivity index (χ2n) is 5.26. The molecule has 1 aliphatic rings. The first-order valence-corrected chi connectivity index (χ1v) is 6.99. The van der Waals surface area contributed by atoms with E-state index in [0.29, 0.717) is 11.5 Å². The highest BCUT2D eigenvalue weighted by molar-refractivity contribution is 5.21. The molecule has 1 fully saturated rings. The van der Waals surface area contributed by atoms with Gasteiger partial charge in [0.2, 0.25) is 0 Å². The molecule has 0 unspecified atom stereocenters. The van der Waals surface area contributed by atoms with E-state index in [1.807, 2.05) is 10.9 Å². The van der Waals surface area contributed by atoms with Crippen molar-refractivity contribution in [2.75, 3.05) is 19.6 Å². The van der Waals surface area contributed by atoms with E-state index >= 15 is 0 Å². The average molecular weight is 270 g/mol. The normalized spacial score (nSPS) is 19.9. The van der Waals surface area contributed by atoms with E-state index in [1.165, 1.54) is 18.5 Å². The van der Waals surface area contributed by atoms with Crippen LogP contribution in [0.2, 0.25) is 0 Å². The number of nitriles is 1. The van der Waals surface area contributed by atoms with Crippen molar-refractivity contribution in [2.45, 2.75) is 25.3 Å². The van der Waals surface area contributed by atoms with Gasteiger partial charge in [0, 0.05) is 37.1 Å². The second kappa shape index (κ2) is 5.88. The van der Waals surface area contributed by atoms with Crippen molar-refractivity contribution in [1.82, 2.24) is 24.9 Å². The monoisotopic (exact) mass is 270 g/mol. The first-order chi connectivity index (χ1) is 9.85. The van der Waals surface area contributed by atoms with Crippen molar-refractivity contribution < 1.29 is 0 Å². The van der Waals surface area contributed by atoms with Gasteiger partial charge in [-0.3, -0.25) is 9.78 Å². The summed E-state index contributed by atoms with van der Waals surface area (Å²) in [6, 6.07) is 4.17. The van der Waals surface area contributed by atoms with Gasteiger partial charge in [-0.05, 0) is 25.5 Å². The highest BCUT2D eigenvalue weighted by atomic mass is 15.3. The fourth-order valence-electron chi connectivity index (χ4n) is 2.79. The van der Waals surface area contributed by atoms with Gasteiger partial charge in [0.15, 0.2) is 0 Å². The minimum Gasteiger partial charge on any atom is -0.301 e. The minimum atomic E-state index is 0.554. The molecule has 0 aromatic carbocycles. The Morgan fingerprint density at radius 2 is 2.40 bits per heavy atom. The van der Waals surface area contributed by atoms with Gasteiger partial charge in [-0.2, -0.15) is 15.5 Å². The lowest BCUT2D eigenvalue weighted by Gasteiger charge is -2.32. The lowest BCUT2D eigenvalue weighted by Crippen LogP contribution is -2.36. The summed E-state index contributed by atoms with van der Waals surface area (Å²) < 4.78 is 1.85. The average Bonchev–Trinajstić information content (AvgIpc) is 3.17. The van der Waals surface area contributed by atoms with Crippen LogP contribution in [0, 0.1) is 11.3 Å². The molecule has 104 valence electrons. The number of nitrogens with one attached hydrogen (secondary N) is 1. The van der Waals surface area contributed by atoms with Gasteiger partial charge in [-0.25, -0.2) is 0 Å². The molecule has 20 heavy (non-hydrogen) atoms.